The van der Waals surface area contributed by atoms with E-state index in [1.807, 2.05) is 54.6 Å². The molecule has 0 aliphatic rings. The van der Waals surface area contributed by atoms with Gasteiger partial charge in [-0.25, -0.2) is 0 Å². The van der Waals surface area contributed by atoms with Gasteiger partial charge in [-0.3, -0.25) is 9.59 Å². The standard InChI is InChI=1S/C20H17BrN2O2/c21-17-11-9-16(10-12-17)20(15-6-2-1-3-7-15)22-18(24)14-23-13-5-4-8-19(23)25/h1-13,20H,14H2,(H,22,24). The molecule has 0 saturated carbocycles. The van der Waals surface area contributed by atoms with E-state index >= 15 is 0 Å². The highest BCUT2D eigenvalue weighted by molar-refractivity contribution is 9.10. The lowest BCUT2D eigenvalue weighted by Crippen LogP contribution is -2.34. The van der Waals surface area contributed by atoms with Crippen molar-refractivity contribution in [2.45, 2.75) is 12.6 Å². The summed E-state index contributed by atoms with van der Waals surface area (Å²) in [7, 11) is 0. The fourth-order valence-electron chi connectivity index (χ4n) is 2.61. The van der Waals surface area contributed by atoms with E-state index in [2.05, 4.69) is 21.2 Å². The second-order valence-electron chi connectivity index (χ2n) is 5.63. The lowest BCUT2D eigenvalue weighted by Gasteiger charge is -2.20. The molecule has 0 radical (unpaired) electrons. The molecule has 2 aromatic carbocycles. The van der Waals surface area contributed by atoms with E-state index in [-0.39, 0.29) is 24.1 Å². The normalized spacial score (nSPS) is 11.7. The van der Waals surface area contributed by atoms with Crippen molar-refractivity contribution in [3.63, 3.8) is 0 Å². The lowest BCUT2D eigenvalue weighted by atomic mass is 9.99. The number of pyridine rings is 1. The maximum absolute atomic E-state index is 12.5. The highest BCUT2D eigenvalue weighted by Gasteiger charge is 2.17. The monoisotopic (exact) mass is 396 g/mol. The van der Waals surface area contributed by atoms with E-state index in [1.165, 1.54) is 10.6 Å². The van der Waals surface area contributed by atoms with Gasteiger partial charge in [0.2, 0.25) is 5.91 Å². The smallest absolute Gasteiger partial charge is 0.250 e. The van der Waals surface area contributed by atoms with Crippen molar-refractivity contribution in [3.05, 3.63) is 105 Å². The van der Waals surface area contributed by atoms with Crippen LogP contribution in [-0.4, -0.2) is 10.5 Å². The third-order valence-corrected chi connectivity index (χ3v) is 4.38. The minimum Gasteiger partial charge on any atom is -0.344 e. The summed E-state index contributed by atoms with van der Waals surface area (Å²) >= 11 is 3.43. The van der Waals surface area contributed by atoms with Crippen LogP contribution >= 0.6 is 15.9 Å². The second-order valence-corrected chi connectivity index (χ2v) is 6.55. The molecule has 0 fully saturated rings. The first-order valence-corrected chi connectivity index (χ1v) is 8.68. The van der Waals surface area contributed by atoms with Gasteiger partial charge >= 0.3 is 0 Å². The van der Waals surface area contributed by atoms with Crippen LogP contribution < -0.4 is 10.9 Å². The van der Waals surface area contributed by atoms with E-state index in [0.717, 1.165) is 15.6 Å². The summed E-state index contributed by atoms with van der Waals surface area (Å²) in [4.78, 5) is 24.3. The molecule has 25 heavy (non-hydrogen) atoms. The van der Waals surface area contributed by atoms with Crippen molar-refractivity contribution in [2.75, 3.05) is 0 Å². The number of carbonyl (C=O) groups is 1. The highest BCUT2D eigenvalue weighted by atomic mass is 79.9. The van der Waals surface area contributed by atoms with Gasteiger partial charge in [0.1, 0.15) is 6.54 Å². The van der Waals surface area contributed by atoms with E-state index in [0.29, 0.717) is 0 Å². The van der Waals surface area contributed by atoms with Gasteiger partial charge in [0.25, 0.3) is 5.56 Å². The van der Waals surface area contributed by atoms with Crippen LogP contribution in [-0.2, 0) is 11.3 Å². The molecule has 5 heteroatoms. The van der Waals surface area contributed by atoms with E-state index in [4.69, 9.17) is 0 Å². The molecule has 1 aromatic heterocycles. The molecule has 0 spiro atoms. The Morgan fingerprint density at radius 2 is 1.56 bits per heavy atom. The van der Waals surface area contributed by atoms with Crippen LogP contribution in [0.15, 0.2) is 88.3 Å². The number of carbonyl (C=O) groups excluding carboxylic acids is 1. The average Bonchev–Trinajstić information content (AvgIpc) is 2.63. The summed E-state index contributed by atoms with van der Waals surface area (Å²) < 4.78 is 2.36. The Kier molecular flexibility index (Phi) is 5.46. The SMILES string of the molecule is O=C(Cn1ccccc1=O)NC(c1ccccc1)c1ccc(Br)cc1. The largest absolute Gasteiger partial charge is 0.344 e. The summed E-state index contributed by atoms with van der Waals surface area (Å²) in [6.07, 6.45) is 1.61. The number of nitrogens with zero attached hydrogens (tertiary/aromatic N) is 1. The van der Waals surface area contributed by atoms with Crippen molar-refractivity contribution >= 4 is 21.8 Å². The number of nitrogens with one attached hydrogen (secondary N) is 1. The first-order valence-electron chi connectivity index (χ1n) is 7.89. The Bertz CT molecular complexity index is 905. The van der Waals surface area contributed by atoms with Gasteiger partial charge < -0.3 is 9.88 Å². The second kappa shape index (κ2) is 7.94. The number of hydrogen-bond acceptors (Lipinski definition) is 2. The van der Waals surface area contributed by atoms with Crippen molar-refractivity contribution < 1.29 is 4.79 Å². The van der Waals surface area contributed by atoms with Gasteiger partial charge in [0.05, 0.1) is 6.04 Å². The van der Waals surface area contributed by atoms with Crippen LogP contribution in [0.3, 0.4) is 0 Å². The molecule has 0 saturated heterocycles. The van der Waals surface area contributed by atoms with E-state index < -0.39 is 0 Å². The number of rotatable bonds is 5. The molecule has 0 aliphatic heterocycles. The molecule has 126 valence electrons. The number of amides is 1. The van der Waals surface area contributed by atoms with Crippen molar-refractivity contribution in [3.8, 4) is 0 Å². The van der Waals surface area contributed by atoms with Gasteiger partial charge in [0.15, 0.2) is 0 Å². The van der Waals surface area contributed by atoms with Crippen molar-refractivity contribution in [1.29, 1.82) is 0 Å². The zero-order valence-corrected chi connectivity index (χ0v) is 15.0. The lowest BCUT2D eigenvalue weighted by molar-refractivity contribution is -0.122. The predicted octanol–water partition coefficient (Wildman–Crippen LogP) is 3.52. The third kappa shape index (κ3) is 4.45. The maximum atomic E-state index is 12.5. The van der Waals surface area contributed by atoms with E-state index in [9.17, 15) is 9.59 Å². The fourth-order valence-corrected chi connectivity index (χ4v) is 2.88. The minimum atomic E-state index is -0.277. The Hall–Kier alpha value is -2.66. The first kappa shape index (κ1) is 17.2. The average molecular weight is 397 g/mol. The molecule has 3 rings (SSSR count). The first-order chi connectivity index (χ1) is 12.1. The third-order valence-electron chi connectivity index (χ3n) is 3.85. The number of benzene rings is 2. The molecule has 3 aromatic rings. The summed E-state index contributed by atoms with van der Waals surface area (Å²) in [5.41, 5.74) is 1.76. The van der Waals surface area contributed by atoms with Crippen LogP contribution in [0.4, 0.5) is 0 Å². The molecular weight excluding hydrogens is 380 g/mol. The summed E-state index contributed by atoms with van der Waals surface area (Å²) in [6.45, 7) is -0.0144. The molecule has 0 bridgehead atoms. The zero-order chi connectivity index (χ0) is 17.6. The number of hydrogen-bond donors (Lipinski definition) is 1. The van der Waals surface area contributed by atoms with Crippen molar-refractivity contribution in [1.82, 2.24) is 9.88 Å². The zero-order valence-electron chi connectivity index (χ0n) is 13.4. The molecule has 1 unspecified atom stereocenters. The topological polar surface area (TPSA) is 51.1 Å². The quantitative estimate of drug-likeness (QED) is 0.717. The Balaban J connectivity index is 1.85. The Morgan fingerprint density at radius 3 is 2.24 bits per heavy atom. The highest BCUT2D eigenvalue weighted by Crippen LogP contribution is 2.23. The van der Waals surface area contributed by atoms with Crippen LogP contribution in [0.2, 0.25) is 0 Å². The minimum absolute atomic E-state index is 0.0144. The van der Waals surface area contributed by atoms with Gasteiger partial charge in [-0.05, 0) is 29.3 Å². The number of halogens is 1. The summed E-state index contributed by atoms with van der Waals surface area (Å²) in [6, 6.07) is 22.1. The summed E-state index contributed by atoms with van der Waals surface area (Å²) in [5, 5.41) is 3.03. The molecule has 1 atom stereocenters. The number of aromatic nitrogens is 1. The van der Waals surface area contributed by atoms with Crippen LogP contribution in [0, 0.1) is 0 Å². The molecule has 1 N–H and O–H groups in total. The van der Waals surface area contributed by atoms with Crippen LogP contribution in [0.1, 0.15) is 17.2 Å². The Labute approximate surface area is 154 Å². The molecule has 4 nitrogen and oxygen atoms in total. The predicted molar refractivity (Wildman–Crippen MR) is 101 cm³/mol. The van der Waals surface area contributed by atoms with E-state index in [1.54, 1.807) is 18.3 Å². The maximum Gasteiger partial charge on any atom is 0.250 e. The summed E-state index contributed by atoms with van der Waals surface area (Å²) in [5.74, 6) is -0.218. The fraction of sp³-hybridized carbons (Fsp3) is 0.100. The Morgan fingerprint density at radius 1 is 0.920 bits per heavy atom. The molecule has 0 aliphatic carbocycles. The van der Waals surface area contributed by atoms with Gasteiger partial charge in [-0.15, -0.1) is 0 Å². The van der Waals surface area contributed by atoms with Gasteiger partial charge in [-0.1, -0.05) is 64.5 Å². The molecular formula is C20H17BrN2O2. The van der Waals surface area contributed by atoms with Crippen LogP contribution in [0.25, 0.3) is 0 Å². The molecule has 1 heterocycles. The van der Waals surface area contributed by atoms with Gasteiger partial charge in [0, 0.05) is 16.7 Å². The van der Waals surface area contributed by atoms with Crippen LogP contribution in [0.5, 0.6) is 0 Å². The van der Waals surface area contributed by atoms with Gasteiger partial charge in [-0.2, -0.15) is 0 Å². The van der Waals surface area contributed by atoms with Crippen molar-refractivity contribution in [2.24, 2.45) is 0 Å². The molecule has 1 amide bonds.